The average molecular weight is 393 g/mol. The van der Waals surface area contributed by atoms with E-state index in [1.54, 1.807) is 30.6 Å². The summed E-state index contributed by atoms with van der Waals surface area (Å²) < 4.78 is 19.8. The molecule has 0 unspecified atom stereocenters. The van der Waals surface area contributed by atoms with Gasteiger partial charge in [0.2, 0.25) is 5.95 Å². The summed E-state index contributed by atoms with van der Waals surface area (Å²) in [7, 11) is 1.63. The monoisotopic (exact) mass is 393 g/mol. The molecule has 0 aliphatic rings. The molecule has 4 rings (SSSR count). The van der Waals surface area contributed by atoms with Crippen molar-refractivity contribution in [2.75, 3.05) is 12.4 Å². The van der Waals surface area contributed by atoms with Crippen LogP contribution in [0.1, 0.15) is 10.6 Å². The predicted molar refractivity (Wildman–Crippen MR) is 109 cm³/mol. The fourth-order valence-electron chi connectivity index (χ4n) is 2.76. The van der Waals surface area contributed by atoms with Gasteiger partial charge in [-0.25, -0.2) is 14.4 Å². The van der Waals surface area contributed by atoms with Crippen molar-refractivity contribution in [2.45, 2.75) is 6.54 Å². The molecule has 0 radical (unpaired) electrons. The van der Waals surface area contributed by atoms with Crippen LogP contribution in [0.5, 0.6) is 5.75 Å². The molecule has 0 fully saturated rings. The number of hydrogen-bond acceptors (Lipinski definition) is 7. The molecule has 2 heterocycles. The molecule has 28 heavy (non-hydrogen) atoms. The van der Waals surface area contributed by atoms with Crippen LogP contribution in [0.25, 0.3) is 27.6 Å². The fraction of sp³-hybridized carbons (Fsp3) is 0.100. The Morgan fingerprint density at radius 2 is 2.11 bits per heavy atom. The summed E-state index contributed by atoms with van der Waals surface area (Å²) in [6.45, 7) is 4.19. The number of hydrogen-bond donors (Lipinski definition) is 1. The van der Waals surface area contributed by atoms with Crippen molar-refractivity contribution in [3.05, 3.63) is 65.6 Å². The third-order valence-electron chi connectivity index (χ3n) is 4.11. The van der Waals surface area contributed by atoms with Gasteiger partial charge in [-0.3, -0.25) is 0 Å². The van der Waals surface area contributed by atoms with Crippen molar-refractivity contribution >= 4 is 33.6 Å². The number of benzene rings is 2. The molecule has 2 aromatic carbocycles. The SMILES string of the molecule is C=Cc1cc(F)ccc1-c1cnnc(NCc2nc3cc(OC)ccc3s2)n1. The van der Waals surface area contributed by atoms with Gasteiger partial charge in [0.25, 0.3) is 0 Å². The fourth-order valence-corrected chi connectivity index (χ4v) is 3.64. The smallest absolute Gasteiger partial charge is 0.243 e. The van der Waals surface area contributed by atoms with Crippen LogP contribution in [0.4, 0.5) is 10.3 Å². The van der Waals surface area contributed by atoms with Crippen molar-refractivity contribution in [3.63, 3.8) is 0 Å². The van der Waals surface area contributed by atoms with Crippen molar-refractivity contribution in [2.24, 2.45) is 0 Å². The lowest BCUT2D eigenvalue weighted by molar-refractivity contribution is 0.415. The van der Waals surface area contributed by atoms with Crippen molar-refractivity contribution in [3.8, 4) is 17.0 Å². The Kier molecular flexibility index (Phi) is 4.94. The number of aromatic nitrogens is 4. The van der Waals surface area contributed by atoms with Crippen molar-refractivity contribution in [1.29, 1.82) is 0 Å². The van der Waals surface area contributed by atoms with Crippen molar-refractivity contribution in [1.82, 2.24) is 20.2 Å². The Morgan fingerprint density at radius 1 is 1.21 bits per heavy atom. The number of methoxy groups -OCH3 is 1. The molecule has 8 heteroatoms. The van der Waals surface area contributed by atoms with Gasteiger partial charge in [-0.15, -0.1) is 16.4 Å². The molecular formula is C20H16FN5OS. The minimum atomic E-state index is -0.327. The lowest BCUT2D eigenvalue weighted by Gasteiger charge is -2.07. The number of anilines is 1. The molecule has 0 aliphatic carbocycles. The number of rotatable bonds is 6. The molecule has 140 valence electrons. The second-order valence-electron chi connectivity index (χ2n) is 5.90. The maximum atomic E-state index is 13.5. The Labute approximate surface area is 164 Å². The first-order chi connectivity index (χ1) is 13.7. The Morgan fingerprint density at radius 3 is 2.93 bits per heavy atom. The van der Waals surface area contributed by atoms with Gasteiger partial charge in [0.15, 0.2) is 0 Å². The van der Waals surface area contributed by atoms with Gasteiger partial charge < -0.3 is 10.1 Å². The molecule has 0 saturated carbocycles. The summed E-state index contributed by atoms with van der Waals surface area (Å²) >= 11 is 1.58. The van der Waals surface area contributed by atoms with E-state index in [1.165, 1.54) is 18.3 Å². The first kappa shape index (κ1) is 18.0. The minimum Gasteiger partial charge on any atom is -0.497 e. The highest BCUT2D eigenvalue weighted by atomic mass is 32.1. The topological polar surface area (TPSA) is 72.8 Å². The van der Waals surface area contributed by atoms with E-state index < -0.39 is 0 Å². The zero-order valence-corrected chi connectivity index (χ0v) is 15.8. The number of fused-ring (bicyclic) bond motifs is 1. The summed E-state index contributed by atoms with van der Waals surface area (Å²) in [5.41, 5.74) is 2.85. The van der Waals surface area contributed by atoms with Gasteiger partial charge in [-0.2, -0.15) is 5.10 Å². The summed E-state index contributed by atoms with van der Waals surface area (Å²) in [5, 5.41) is 12.1. The van der Waals surface area contributed by atoms with Gasteiger partial charge in [-0.05, 0) is 35.9 Å². The van der Waals surface area contributed by atoms with Crippen LogP contribution in [-0.2, 0) is 6.54 Å². The summed E-state index contributed by atoms with van der Waals surface area (Å²) in [5.74, 6) is 0.815. The third-order valence-corrected chi connectivity index (χ3v) is 5.14. The highest BCUT2D eigenvalue weighted by Gasteiger charge is 2.10. The largest absolute Gasteiger partial charge is 0.497 e. The highest BCUT2D eigenvalue weighted by molar-refractivity contribution is 7.18. The number of ether oxygens (including phenoxy) is 1. The number of nitrogens with one attached hydrogen (secondary N) is 1. The van der Waals surface area contributed by atoms with E-state index in [9.17, 15) is 4.39 Å². The van der Waals surface area contributed by atoms with Gasteiger partial charge >= 0.3 is 0 Å². The Hall–Kier alpha value is -3.39. The van der Waals surface area contributed by atoms with E-state index in [0.717, 1.165) is 26.5 Å². The molecule has 2 aromatic heterocycles. The summed E-state index contributed by atoms with van der Waals surface area (Å²) in [6, 6.07) is 10.2. The minimum absolute atomic E-state index is 0.327. The molecule has 0 aliphatic heterocycles. The van der Waals surface area contributed by atoms with E-state index in [2.05, 4.69) is 32.1 Å². The van der Waals surface area contributed by atoms with Crippen LogP contribution in [0.3, 0.4) is 0 Å². The zero-order chi connectivity index (χ0) is 19.5. The van der Waals surface area contributed by atoms with E-state index in [4.69, 9.17) is 4.74 Å². The van der Waals surface area contributed by atoms with Crippen LogP contribution < -0.4 is 10.1 Å². The number of thiazole rings is 1. The molecule has 0 atom stereocenters. The predicted octanol–water partition coefficient (Wildman–Crippen LogP) is 4.55. The van der Waals surface area contributed by atoms with Gasteiger partial charge in [0.05, 0.1) is 35.8 Å². The molecule has 6 nitrogen and oxygen atoms in total. The molecular weight excluding hydrogens is 377 g/mol. The molecule has 4 aromatic rings. The second kappa shape index (κ2) is 7.69. The Balaban J connectivity index is 1.55. The van der Waals surface area contributed by atoms with Gasteiger partial charge in [0.1, 0.15) is 16.6 Å². The average Bonchev–Trinajstić information content (AvgIpc) is 3.14. The standard InChI is InChI=1S/C20H16FN5OS/c1-3-12-8-13(21)4-6-15(12)17-10-23-26-20(25-17)22-11-19-24-16-9-14(27-2)5-7-18(16)28-19/h3-10H,1,11H2,2H3,(H,22,25,26). The lowest BCUT2D eigenvalue weighted by atomic mass is 10.0. The molecule has 0 bridgehead atoms. The maximum absolute atomic E-state index is 13.5. The van der Waals surface area contributed by atoms with E-state index >= 15 is 0 Å². The summed E-state index contributed by atoms with van der Waals surface area (Å²) in [6.07, 6.45) is 3.12. The van der Waals surface area contributed by atoms with Gasteiger partial charge in [-0.1, -0.05) is 12.7 Å². The zero-order valence-electron chi connectivity index (χ0n) is 15.0. The third kappa shape index (κ3) is 3.67. The number of nitrogens with zero attached hydrogens (tertiary/aromatic N) is 4. The first-order valence-corrected chi connectivity index (χ1v) is 9.27. The molecule has 0 amide bonds. The van der Waals surface area contributed by atoms with Gasteiger partial charge in [0, 0.05) is 11.6 Å². The Bertz CT molecular complexity index is 1160. The second-order valence-corrected chi connectivity index (χ2v) is 7.01. The van der Waals surface area contributed by atoms with Crippen LogP contribution in [0.2, 0.25) is 0 Å². The van der Waals surface area contributed by atoms with Crippen molar-refractivity contribution < 1.29 is 9.13 Å². The van der Waals surface area contributed by atoms with Crippen LogP contribution >= 0.6 is 11.3 Å². The van der Waals surface area contributed by atoms with Crippen LogP contribution in [0, 0.1) is 5.82 Å². The van der Waals surface area contributed by atoms with E-state index in [0.29, 0.717) is 23.8 Å². The molecule has 1 N–H and O–H groups in total. The van der Waals surface area contributed by atoms with E-state index in [-0.39, 0.29) is 5.82 Å². The van der Waals surface area contributed by atoms with Crippen LogP contribution in [-0.4, -0.2) is 27.3 Å². The van der Waals surface area contributed by atoms with E-state index in [1.807, 2.05) is 18.2 Å². The molecule has 0 spiro atoms. The van der Waals surface area contributed by atoms with Crippen LogP contribution in [0.15, 0.2) is 49.2 Å². The number of halogens is 1. The summed E-state index contributed by atoms with van der Waals surface area (Å²) in [4.78, 5) is 9.08. The highest BCUT2D eigenvalue weighted by Crippen LogP contribution is 2.27. The maximum Gasteiger partial charge on any atom is 0.243 e. The quantitative estimate of drug-likeness (QED) is 0.518. The first-order valence-electron chi connectivity index (χ1n) is 8.45. The normalized spacial score (nSPS) is 10.8. The lowest BCUT2D eigenvalue weighted by Crippen LogP contribution is -2.05. The molecule has 0 saturated heterocycles.